The number of hydrogen-bond donors (Lipinski definition) is 0. The van der Waals surface area contributed by atoms with Gasteiger partial charge in [0.05, 0.1) is 12.4 Å². The highest BCUT2D eigenvalue weighted by molar-refractivity contribution is 5.33. The molecule has 0 aliphatic carbocycles. The van der Waals surface area contributed by atoms with E-state index in [1.807, 2.05) is 49.1 Å². The highest BCUT2D eigenvalue weighted by atomic mass is 16.3. The summed E-state index contributed by atoms with van der Waals surface area (Å²) in [5.41, 5.74) is 1.66. The van der Waals surface area contributed by atoms with Crippen LogP contribution in [0.3, 0.4) is 0 Å². The van der Waals surface area contributed by atoms with Gasteiger partial charge in [0.1, 0.15) is 0 Å². The van der Waals surface area contributed by atoms with Crippen LogP contribution in [-0.2, 0) is 0 Å². The minimum absolute atomic E-state index is 0.831. The van der Waals surface area contributed by atoms with Crippen molar-refractivity contribution in [1.82, 2.24) is 9.80 Å². The number of unbranched alkanes of at least 4 members (excludes halogenated alkanes) is 4. The summed E-state index contributed by atoms with van der Waals surface area (Å²) in [6, 6.07) is 0. The van der Waals surface area contributed by atoms with Crippen molar-refractivity contribution in [2.24, 2.45) is 10.4 Å². The third kappa shape index (κ3) is 7.12. The van der Waals surface area contributed by atoms with E-state index < -0.39 is 0 Å². The quantitative estimate of drug-likeness (QED) is 0.418. The maximum absolute atomic E-state index is 10.2. The molecule has 0 spiro atoms. The van der Waals surface area contributed by atoms with Gasteiger partial charge in [-0.3, -0.25) is 0 Å². The van der Waals surface area contributed by atoms with Gasteiger partial charge in [-0.2, -0.15) is 0 Å². The van der Waals surface area contributed by atoms with E-state index in [0.29, 0.717) is 0 Å². The topological polar surface area (TPSA) is 65.3 Å². The Morgan fingerprint density at radius 3 is 1.36 bits per heavy atom. The summed E-state index contributed by atoms with van der Waals surface area (Å²) in [5, 5.41) is 5.54. The number of hydrogen-bond acceptors (Lipinski definition) is 6. The molecule has 2 aliphatic rings. The Kier molecular flexibility index (Phi) is 8.11. The first-order valence-corrected chi connectivity index (χ1v) is 8.61. The van der Waals surface area contributed by atoms with Crippen LogP contribution in [0.4, 0.5) is 0 Å². The summed E-state index contributed by atoms with van der Waals surface area (Å²) in [4.78, 5) is 24.6. The van der Waals surface area contributed by atoms with Crippen LogP contribution in [0.15, 0.2) is 83.0 Å². The molecular formula is C19H24N4O2. The summed E-state index contributed by atoms with van der Waals surface area (Å²) in [6.07, 6.45) is 24.1. The Labute approximate surface area is 148 Å². The Morgan fingerprint density at radius 2 is 1.00 bits per heavy atom. The van der Waals surface area contributed by atoms with Gasteiger partial charge in [0, 0.05) is 37.9 Å². The second-order valence-corrected chi connectivity index (χ2v) is 5.98. The van der Waals surface area contributed by atoms with Gasteiger partial charge in [0.25, 0.3) is 0 Å². The van der Waals surface area contributed by atoms with Crippen molar-refractivity contribution in [3.8, 4) is 0 Å². The van der Waals surface area contributed by atoms with Gasteiger partial charge in [-0.15, -0.1) is 9.81 Å². The van der Waals surface area contributed by atoms with Crippen LogP contribution in [0.2, 0.25) is 0 Å². The molecule has 25 heavy (non-hydrogen) atoms. The Bertz CT molecular complexity index is 543. The summed E-state index contributed by atoms with van der Waals surface area (Å²) in [5.74, 6) is 0. The summed E-state index contributed by atoms with van der Waals surface area (Å²) >= 11 is 0. The molecule has 0 atom stereocenters. The van der Waals surface area contributed by atoms with E-state index in [-0.39, 0.29) is 0 Å². The predicted octanol–water partition coefficient (Wildman–Crippen LogP) is 4.92. The molecule has 0 bridgehead atoms. The molecule has 0 aromatic rings. The molecule has 0 N–H and O–H groups in total. The smallest absolute Gasteiger partial charge is 0.0788 e. The van der Waals surface area contributed by atoms with Crippen molar-refractivity contribution in [2.45, 2.75) is 32.1 Å². The summed E-state index contributed by atoms with van der Waals surface area (Å²) < 4.78 is 0. The maximum atomic E-state index is 10.2. The van der Waals surface area contributed by atoms with Crippen LogP contribution in [0.5, 0.6) is 0 Å². The lowest BCUT2D eigenvalue weighted by atomic mass is 10.1. The van der Waals surface area contributed by atoms with E-state index in [2.05, 4.69) is 20.2 Å². The molecule has 2 rings (SSSR count). The zero-order valence-corrected chi connectivity index (χ0v) is 14.3. The molecule has 2 aliphatic heterocycles. The molecule has 0 aromatic carbocycles. The highest BCUT2D eigenvalue weighted by Crippen LogP contribution is 2.13. The van der Waals surface area contributed by atoms with Gasteiger partial charge in [0.15, 0.2) is 0 Å². The van der Waals surface area contributed by atoms with Crippen molar-refractivity contribution < 1.29 is 0 Å². The molecule has 0 unspecified atom stereocenters. The lowest BCUT2D eigenvalue weighted by Gasteiger charge is -2.19. The molecule has 6 heteroatoms. The largest absolute Gasteiger partial charge is 0.354 e. The van der Waals surface area contributed by atoms with E-state index in [1.165, 1.54) is 31.7 Å². The number of nitrogens with zero attached hydrogens (tertiary/aromatic N) is 4. The predicted molar refractivity (Wildman–Crippen MR) is 101 cm³/mol. The zero-order valence-electron chi connectivity index (χ0n) is 14.3. The van der Waals surface area contributed by atoms with Crippen LogP contribution in [0, 0.1) is 9.81 Å². The van der Waals surface area contributed by atoms with Gasteiger partial charge in [-0.25, -0.2) is 0 Å². The first kappa shape index (κ1) is 18.6. The third-order valence-corrected chi connectivity index (χ3v) is 4.07. The lowest BCUT2D eigenvalue weighted by Crippen LogP contribution is -2.14. The van der Waals surface area contributed by atoms with Crippen molar-refractivity contribution in [1.29, 1.82) is 0 Å². The Hall–Kier alpha value is -2.76. The number of rotatable bonds is 10. The van der Waals surface area contributed by atoms with E-state index in [9.17, 15) is 9.81 Å². The molecule has 0 aromatic heterocycles. The molecular weight excluding hydrogens is 316 g/mol. The molecule has 6 nitrogen and oxygen atoms in total. The molecule has 132 valence electrons. The van der Waals surface area contributed by atoms with Crippen molar-refractivity contribution in [3.05, 3.63) is 82.5 Å². The van der Waals surface area contributed by atoms with E-state index in [4.69, 9.17) is 0 Å². The summed E-state index contributed by atoms with van der Waals surface area (Å²) in [6.45, 7) is 1.98. The fourth-order valence-corrected chi connectivity index (χ4v) is 2.65. The Morgan fingerprint density at radius 1 is 0.640 bits per heavy atom. The fourth-order valence-electron chi connectivity index (χ4n) is 2.65. The van der Waals surface area contributed by atoms with Gasteiger partial charge in [-0.05, 0) is 58.6 Å². The zero-order chi connectivity index (χ0) is 17.7. The van der Waals surface area contributed by atoms with Crippen LogP contribution >= 0.6 is 0 Å². The van der Waals surface area contributed by atoms with Crippen molar-refractivity contribution in [3.63, 3.8) is 0 Å². The Balaban J connectivity index is 1.49. The van der Waals surface area contributed by atoms with E-state index in [1.54, 1.807) is 0 Å². The number of nitroso groups, excluding NO2 is 2. The SMILES string of the molecule is O=NC=C1C=CN(CCCCCCCN2C=CC(=CN=O)C=C2)C=C1. The molecule has 0 amide bonds. The van der Waals surface area contributed by atoms with Gasteiger partial charge >= 0.3 is 0 Å². The standard InChI is InChI=1S/C19H24N4O2/c24-20-16-18-6-12-22(13-7-18)10-4-2-1-3-5-11-23-14-8-19(9-15-23)17-21-25/h6-9,12-17H,1-5,10-11H2. The average Bonchev–Trinajstić information content (AvgIpc) is 2.64. The minimum atomic E-state index is 0.831. The lowest BCUT2D eigenvalue weighted by molar-refractivity contribution is 0.444. The minimum Gasteiger partial charge on any atom is -0.354 e. The third-order valence-electron chi connectivity index (χ3n) is 4.07. The van der Waals surface area contributed by atoms with Crippen molar-refractivity contribution in [2.75, 3.05) is 13.1 Å². The first-order chi connectivity index (χ1) is 12.3. The molecule has 0 fully saturated rings. The second-order valence-electron chi connectivity index (χ2n) is 5.98. The first-order valence-electron chi connectivity index (χ1n) is 8.61. The van der Waals surface area contributed by atoms with Gasteiger partial charge < -0.3 is 9.80 Å². The fraction of sp³-hybridized carbons (Fsp3) is 0.368. The van der Waals surface area contributed by atoms with Crippen LogP contribution in [0.25, 0.3) is 0 Å². The second kappa shape index (κ2) is 10.9. The maximum Gasteiger partial charge on any atom is 0.0788 e. The van der Waals surface area contributed by atoms with Crippen molar-refractivity contribution >= 4 is 0 Å². The number of allylic oxidation sites excluding steroid dienone is 6. The van der Waals surface area contributed by atoms with E-state index >= 15 is 0 Å². The van der Waals surface area contributed by atoms with Gasteiger partial charge in [-0.1, -0.05) is 19.3 Å². The summed E-state index contributed by atoms with van der Waals surface area (Å²) in [7, 11) is 0. The van der Waals surface area contributed by atoms with Crippen LogP contribution < -0.4 is 0 Å². The molecule has 2 heterocycles. The highest BCUT2D eigenvalue weighted by Gasteiger charge is 2.02. The molecule has 0 saturated carbocycles. The van der Waals surface area contributed by atoms with Crippen LogP contribution in [-0.4, -0.2) is 22.9 Å². The van der Waals surface area contributed by atoms with Crippen LogP contribution in [0.1, 0.15) is 32.1 Å². The monoisotopic (exact) mass is 340 g/mol. The molecule has 0 radical (unpaired) electrons. The normalized spacial score (nSPS) is 15.7. The molecule has 0 saturated heterocycles. The van der Waals surface area contributed by atoms with E-state index in [0.717, 1.165) is 37.1 Å². The van der Waals surface area contributed by atoms with Gasteiger partial charge in [0.2, 0.25) is 0 Å². The average molecular weight is 340 g/mol.